The molecule has 95 heavy (non-hydrogen) atoms. The van der Waals surface area contributed by atoms with E-state index in [1.807, 2.05) is 6.92 Å². The Bertz CT molecular complexity index is 2980. The molecule has 6 aliphatic heterocycles. The largest absolute Gasteiger partial charge is 0.462 e. The second-order valence-electron chi connectivity index (χ2n) is 24.0. The number of nitrogens with zero attached hydrogens (tertiary/aromatic N) is 3. The second kappa shape index (κ2) is 32.7. The zero-order valence-corrected chi connectivity index (χ0v) is 51.6. The van der Waals surface area contributed by atoms with E-state index in [9.17, 15) is 96.1 Å². The van der Waals surface area contributed by atoms with E-state index in [0.29, 0.717) is 18.4 Å². The van der Waals surface area contributed by atoms with Crippen LogP contribution in [0.5, 0.6) is 5.75 Å². The number of guanidine groups is 2. The maximum atomic E-state index is 15.2. The molecular weight excluding hydrogens is 1260 g/mol. The van der Waals surface area contributed by atoms with Gasteiger partial charge in [-0.25, -0.2) is 0 Å². The quantitative estimate of drug-likeness (QED) is 0.0585. The number of aliphatic imine (C=N–C) groups is 1. The van der Waals surface area contributed by atoms with Gasteiger partial charge in [-0.05, 0) is 29.7 Å². The third-order valence-electron chi connectivity index (χ3n) is 17.5. The van der Waals surface area contributed by atoms with Gasteiger partial charge in [-0.15, -0.1) is 0 Å². The predicted molar refractivity (Wildman–Crippen MR) is 321 cm³/mol. The number of carbonyl (C=O) groups is 6. The van der Waals surface area contributed by atoms with Crippen molar-refractivity contribution in [3.63, 3.8) is 0 Å². The topological polar surface area (TPSA) is 585 Å². The summed E-state index contributed by atoms with van der Waals surface area (Å²) in [6.07, 6.45) is -30.8. The second-order valence-corrected chi connectivity index (χ2v) is 24.0. The first-order valence-corrected chi connectivity index (χ1v) is 30.9. The highest BCUT2D eigenvalue weighted by molar-refractivity contribution is 5.98. The lowest BCUT2D eigenvalue weighted by Gasteiger charge is -2.46. The van der Waals surface area contributed by atoms with Crippen LogP contribution in [0.3, 0.4) is 0 Å². The molecule has 5 saturated heterocycles. The van der Waals surface area contributed by atoms with Crippen LogP contribution in [0.25, 0.3) is 0 Å². The van der Waals surface area contributed by atoms with E-state index < -0.39 is 233 Å². The number of hydrogen-bond acceptors (Lipinski definition) is 29. The van der Waals surface area contributed by atoms with Crippen molar-refractivity contribution in [2.24, 2.45) is 10.7 Å². The number of unbranched alkanes of at least 4 members (excludes halogenated alkanes) is 1. The number of hydrogen-bond donors (Lipinski definition) is 23. The zero-order chi connectivity index (χ0) is 69.3. The Balaban J connectivity index is 1.13. The number of aliphatic hydroxyl groups excluding tert-OH is 14. The first kappa shape index (κ1) is 73.7. The number of aliphatic hydroxyl groups is 14. The normalized spacial score (nSPS) is 36.6. The van der Waals surface area contributed by atoms with Crippen molar-refractivity contribution >= 4 is 47.4 Å². The first-order valence-electron chi connectivity index (χ1n) is 30.9. The molecule has 0 radical (unpaired) electrons. The van der Waals surface area contributed by atoms with Crippen molar-refractivity contribution in [1.82, 2.24) is 47.0 Å². The minimum Gasteiger partial charge on any atom is -0.462 e. The van der Waals surface area contributed by atoms with Crippen LogP contribution in [0.15, 0.2) is 59.6 Å². The van der Waals surface area contributed by atoms with Crippen LogP contribution < -0.4 is 47.7 Å². The van der Waals surface area contributed by atoms with Gasteiger partial charge >= 0.3 is 0 Å². The minimum absolute atomic E-state index is 0.0735. The molecule has 0 bridgehead atoms. The van der Waals surface area contributed by atoms with Gasteiger partial charge < -0.3 is 148 Å². The Labute approximate surface area is 542 Å². The summed E-state index contributed by atoms with van der Waals surface area (Å²) in [7, 11) is 0. The smallest absolute Gasteiger partial charge is 0.246 e. The number of nitrogens with two attached hydrogens (primary N) is 1. The van der Waals surface area contributed by atoms with E-state index >= 15 is 9.59 Å². The highest BCUT2D eigenvalue weighted by Gasteiger charge is 2.55. The van der Waals surface area contributed by atoms with Crippen molar-refractivity contribution in [3.05, 3.63) is 65.7 Å². The average Bonchev–Trinajstić information content (AvgIpc) is 1.69. The molecule has 6 heterocycles. The maximum Gasteiger partial charge on any atom is 0.246 e. The summed E-state index contributed by atoms with van der Waals surface area (Å²) >= 11 is 0. The molecular formula is C58H86N12O25. The van der Waals surface area contributed by atoms with Crippen molar-refractivity contribution in [3.8, 4) is 5.75 Å². The van der Waals surface area contributed by atoms with Gasteiger partial charge in [0, 0.05) is 25.4 Å². The lowest BCUT2D eigenvalue weighted by Crippen LogP contribution is -2.69. The fourth-order valence-corrected chi connectivity index (χ4v) is 11.9. The Morgan fingerprint density at radius 3 is 1.83 bits per heavy atom. The van der Waals surface area contributed by atoms with Gasteiger partial charge in [0.05, 0.1) is 51.6 Å². The third-order valence-corrected chi connectivity index (χ3v) is 17.5. The highest BCUT2D eigenvalue weighted by atomic mass is 16.7. The van der Waals surface area contributed by atoms with Crippen molar-refractivity contribution in [2.45, 2.75) is 186 Å². The van der Waals surface area contributed by atoms with E-state index in [0.717, 1.165) is 4.90 Å². The SMILES string of the molecule is CCCCN1CC(C(O)[C@H]2NC(=O)[C@H](C(O)C3CN=C(N)N3)NC(=O)[C@@H](Cc3ccc(O[C@H]4O[C@H](CO)[C@@H](O[C@H]5O[C@H](CO)[C@@H](O)[C@H](O)[C@@H]5O)[C@H](O)[C@@H]4O)cc3)NC(=O)[C@H](C(C)c3ccccc3)NC(=O)CNC(=O)[C@H](CO)NC2=O)N([C@H]2O[C@H](CO)[C@@H](O)[C@H](O)[C@@H]2O)C1=N. The molecule has 5 fully saturated rings. The summed E-state index contributed by atoms with van der Waals surface area (Å²) < 4.78 is 28.5. The Hall–Kier alpha value is -7.12. The summed E-state index contributed by atoms with van der Waals surface area (Å²) in [6.45, 7) is -1.85. The van der Waals surface area contributed by atoms with Crippen LogP contribution in [-0.2, 0) is 54.1 Å². The number of ether oxygens (including phenoxy) is 5. The standard InChI is InChI=1S/C58H86N12O25/c1-3-4-14-69-18-30(70(58(69)60)54-45(83)42(80)40(78)31(20-72)92-54)39(77)37-52(89)64-29(19-71)49(86)61-17-34(75)66-35(23(2)25-8-6-5-7-9-25)51(88)63-27(50(87)67-36(53(90)68-37)38(76)28-16-62-57(59)65-28)15-24-10-12-26(13-11-24)91-55-47(85)44(82)48(33(22-74)94-55)95-56-46(84)43(81)41(79)32(21-73)93-56/h5-13,23,27-33,35-48,54-56,60,71-74,76-85H,3-4,14-22H2,1-2H3,(H,61,86)(H,63,88)(H,64,89)(H,66,75)(H,67,87)(H,68,90)(H3,59,62,65)/t23?,27-,28?,29+,30?,31-,32-,33-,35+,36+,37-,38?,39?,40-,41-,42+,43+,44-,45+,46+,47+,48-,54+,55+,56-/m1/s1. The molecule has 24 N–H and O–H groups in total. The molecule has 0 saturated carbocycles. The molecule has 5 unspecified atom stereocenters. The summed E-state index contributed by atoms with van der Waals surface area (Å²) in [4.78, 5) is 94.3. The number of amides is 6. The number of carbonyl (C=O) groups excluding carboxylic acids is 6. The number of rotatable bonds is 20. The fourth-order valence-electron chi connectivity index (χ4n) is 11.9. The fraction of sp³-hybridized carbons (Fsp3) is 0.655. The van der Waals surface area contributed by atoms with Gasteiger partial charge in [0.25, 0.3) is 0 Å². The van der Waals surface area contributed by atoms with E-state index in [1.165, 1.54) is 29.2 Å². The van der Waals surface area contributed by atoms with Crippen molar-refractivity contribution in [1.29, 1.82) is 5.41 Å². The van der Waals surface area contributed by atoms with E-state index in [1.54, 1.807) is 37.3 Å². The number of nitrogens with one attached hydrogen (secondary N) is 8. The minimum atomic E-state index is -2.35. The van der Waals surface area contributed by atoms with Gasteiger partial charge in [-0.1, -0.05) is 62.7 Å². The van der Waals surface area contributed by atoms with Crippen LogP contribution in [0.4, 0.5) is 0 Å². The van der Waals surface area contributed by atoms with E-state index in [-0.39, 0.29) is 36.9 Å². The van der Waals surface area contributed by atoms with Crippen LogP contribution >= 0.6 is 0 Å². The van der Waals surface area contributed by atoms with Crippen LogP contribution in [0.1, 0.15) is 43.7 Å². The Kier molecular flexibility index (Phi) is 25.4. The van der Waals surface area contributed by atoms with Crippen molar-refractivity contribution < 1.29 is 124 Å². The Morgan fingerprint density at radius 1 is 0.632 bits per heavy atom. The van der Waals surface area contributed by atoms with Crippen LogP contribution in [0.2, 0.25) is 0 Å². The molecule has 2 aromatic rings. The summed E-state index contributed by atoms with van der Waals surface area (Å²) in [5.74, 6) is -8.94. The molecule has 6 amide bonds. The Morgan fingerprint density at radius 2 is 1.21 bits per heavy atom. The predicted octanol–water partition coefficient (Wildman–Crippen LogP) is -11.9. The van der Waals surface area contributed by atoms with Gasteiger partial charge in [-0.2, -0.15) is 0 Å². The summed E-state index contributed by atoms with van der Waals surface area (Å²) in [5, 5.41) is 178. The molecule has 2 aromatic carbocycles. The molecule has 528 valence electrons. The lowest BCUT2D eigenvalue weighted by atomic mass is 9.92. The zero-order valence-electron chi connectivity index (χ0n) is 51.6. The highest BCUT2D eigenvalue weighted by Crippen LogP contribution is 2.33. The molecule has 0 aromatic heterocycles. The van der Waals surface area contributed by atoms with Gasteiger partial charge in [0.2, 0.25) is 41.7 Å². The molecule has 0 aliphatic carbocycles. The van der Waals surface area contributed by atoms with Crippen molar-refractivity contribution in [2.75, 3.05) is 52.6 Å². The van der Waals surface area contributed by atoms with E-state index in [4.69, 9.17) is 29.4 Å². The van der Waals surface area contributed by atoms with Crippen LogP contribution in [0, 0.1) is 5.41 Å². The molecule has 6 aliphatic rings. The maximum absolute atomic E-state index is 15.2. The first-order chi connectivity index (χ1) is 45.2. The molecule has 0 spiro atoms. The van der Waals surface area contributed by atoms with E-state index in [2.05, 4.69) is 42.2 Å². The monoisotopic (exact) mass is 1350 g/mol. The molecule has 37 nitrogen and oxygen atoms in total. The summed E-state index contributed by atoms with van der Waals surface area (Å²) in [6, 6.07) is 0.832. The molecule has 37 heteroatoms. The molecule has 25 atom stereocenters. The van der Waals surface area contributed by atoms with Gasteiger partial charge in [0.15, 0.2) is 24.4 Å². The lowest BCUT2D eigenvalue weighted by molar-refractivity contribution is -0.352. The summed E-state index contributed by atoms with van der Waals surface area (Å²) in [5.41, 5.74) is 6.65. The van der Waals surface area contributed by atoms with Gasteiger partial charge in [0.1, 0.15) is 121 Å². The third kappa shape index (κ3) is 16.8. The number of benzene rings is 2. The molecule has 8 rings (SSSR count). The average molecular weight is 1350 g/mol. The van der Waals surface area contributed by atoms with Gasteiger partial charge in [-0.3, -0.25) is 39.2 Å². The van der Waals surface area contributed by atoms with Crippen LogP contribution in [-0.4, -0.2) is 328 Å².